The van der Waals surface area contributed by atoms with Crippen molar-refractivity contribution in [3.05, 3.63) is 28.8 Å². The second kappa shape index (κ2) is 7.30. The van der Waals surface area contributed by atoms with Crippen LogP contribution in [0.25, 0.3) is 0 Å². The van der Waals surface area contributed by atoms with Gasteiger partial charge in [-0.1, -0.05) is 41.5 Å². The molecule has 0 amide bonds. The van der Waals surface area contributed by atoms with E-state index in [4.69, 9.17) is 12.2 Å². The van der Waals surface area contributed by atoms with Gasteiger partial charge in [-0.3, -0.25) is 5.43 Å². The van der Waals surface area contributed by atoms with E-state index >= 15 is 0 Å². The molecule has 0 heterocycles. The molecule has 1 rings (SSSR count). The van der Waals surface area contributed by atoms with Gasteiger partial charge in [0.25, 0.3) is 0 Å². The molecule has 1 aromatic rings. The van der Waals surface area contributed by atoms with Gasteiger partial charge in [-0.2, -0.15) is 5.10 Å². The molecule has 3 N–H and O–H groups in total. The van der Waals surface area contributed by atoms with Gasteiger partial charge >= 0.3 is 0 Å². The molecule has 0 saturated carbocycles. The zero-order valence-corrected chi connectivity index (χ0v) is 16.1. The first-order chi connectivity index (χ1) is 10.5. The van der Waals surface area contributed by atoms with Crippen molar-refractivity contribution in [1.82, 2.24) is 10.7 Å². The minimum atomic E-state index is -0.152. The summed E-state index contributed by atoms with van der Waals surface area (Å²) in [6.45, 7) is 15.3. The molecular formula is C18H29N3OS. The molecule has 128 valence electrons. The van der Waals surface area contributed by atoms with E-state index in [-0.39, 0.29) is 10.8 Å². The van der Waals surface area contributed by atoms with Crippen molar-refractivity contribution in [2.24, 2.45) is 5.10 Å². The number of thiocarbonyl (C=S) groups is 1. The lowest BCUT2D eigenvalue weighted by molar-refractivity contribution is 0.423. The minimum absolute atomic E-state index is 0.152. The third-order valence-corrected chi connectivity index (χ3v) is 3.70. The quantitative estimate of drug-likeness (QED) is 0.447. The first-order valence-electron chi connectivity index (χ1n) is 7.91. The van der Waals surface area contributed by atoms with Crippen molar-refractivity contribution < 1.29 is 5.11 Å². The van der Waals surface area contributed by atoms with Gasteiger partial charge in [0.1, 0.15) is 5.75 Å². The topological polar surface area (TPSA) is 56.7 Å². The molecule has 0 spiro atoms. The maximum Gasteiger partial charge on any atom is 0.186 e. The Balaban J connectivity index is 3.23. The normalized spacial score (nSPS) is 12.5. The second-order valence-electron chi connectivity index (χ2n) is 7.69. The average molecular weight is 336 g/mol. The van der Waals surface area contributed by atoms with Crippen molar-refractivity contribution in [2.75, 3.05) is 6.54 Å². The predicted molar refractivity (Wildman–Crippen MR) is 103 cm³/mol. The van der Waals surface area contributed by atoms with Gasteiger partial charge in [0.15, 0.2) is 5.11 Å². The molecule has 0 bridgehead atoms. The fourth-order valence-corrected chi connectivity index (χ4v) is 2.44. The number of phenolic OH excluding ortho intramolecular Hbond substituents is 1. The van der Waals surface area contributed by atoms with E-state index in [1.165, 1.54) is 0 Å². The molecule has 0 unspecified atom stereocenters. The average Bonchev–Trinajstić information content (AvgIpc) is 2.38. The molecule has 23 heavy (non-hydrogen) atoms. The number of nitrogens with zero attached hydrogens (tertiary/aromatic N) is 1. The summed E-state index contributed by atoms with van der Waals surface area (Å²) in [5, 5.41) is 18.3. The highest BCUT2D eigenvalue weighted by atomic mass is 32.1. The van der Waals surface area contributed by atoms with Crippen LogP contribution < -0.4 is 10.7 Å². The largest absolute Gasteiger partial charge is 0.507 e. The Bertz CT molecular complexity index is 560. The number of rotatable bonds is 3. The summed E-state index contributed by atoms with van der Waals surface area (Å²) >= 11 is 5.08. The molecule has 0 aliphatic heterocycles. The Labute approximate surface area is 145 Å². The third-order valence-electron chi connectivity index (χ3n) is 3.47. The molecule has 1 aromatic carbocycles. The van der Waals surface area contributed by atoms with Crippen LogP contribution in [0.15, 0.2) is 17.2 Å². The van der Waals surface area contributed by atoms with Gasteiger partial charge in [-0.25, -0.2) is 0 Å². The Morgan fingerprint density at radius 1 is 1.13 bits per heavy atom. The summed E-state index contributed by atoms with van der Waals surface area (Å²) in [7, 11) is 0. The Kier molecular flexibility index (Phi) is 6.17. The fourth-order valence-electron chi connectivity index (χ4n) is 2.24. The van der Waals surface area contributed by atoms with Gasteiger partial charge in [0.05, 0.1) is 6.21 Å². The zero-order chi connectivity index (χ0) is 17.8. The molecule has 0 aromatic heterocycles. The lowest BCUT2D eigenvalue weighted by atomic mass is 9.78. The van der Waals surface area contributed by atoms with Crippen molar-refractivity contribution >= 4 is 23.5 Å². The monoisotopic (exact) mass is 335 g/mol. The molecule has 0 radical (unpaired) electrons. The van der Waals surface area contributed by atoms with Gasteiger partial charge < -0.3 is 10.4 Å². The molecule has 4 nitrogen and oxygen atoms in total. The predicted octanol–water partition coefficient (Wildman–Crippen LogP) is 3.81. The van der Waals surface area contributed by atoms with Gasteiger partial charge in [-0.05, 0) is 47.7 Å². The van der Waals surface area contributed by atoms with Crippen molar-refractivity contribution in [3.63, 3.8) is 0 Å². The molecule has 5 heteroatoms. The van der Waals surface area contributed by atoms with Crippen molar-refractivity contribution in [3.8, 4) is 5.75 Å². The van der Waals surface area contributed by atoms with E-state index in [1.54, 1.807) is 6.21 Å². The van der Waals surface area contributed by atoms with Crippen LogP contribution in [0.2, 0.25) is 0 Å². The SMILES string of the molecule is CCNC(=S)NN=Cc1cc(C(C)(C)C)c(O)c(C(C)(C)C)c1. The van der Waals surface area contributed by atoms with Crippen LogP contribution in [0.3, 0.4) is 0 Å². The van der Waals surface area contributed by atoms with Crippen LogP contribution >= 0.6 is 12.2 Å². The third kappa shape index (κ3) is 5.50. The summed E-state index contributed by atoms with van der Waals surface area (Å²) in [5.41, 5.74) is 5.25. The number of hydrazone groups is 1. The Morgan fingerprint density at radius 3 is 2.00 bits per heavy atom. The number of nitrogens with one attached hydrogen (secondary N) is 2. The van der Waals surface area contributed by atoms with Crippen LogP contribution in [0.1, 0.15) is 65.2 Å². The number of benzene rings is 1. The first-order valence-corrected chi connectivity index (χ1v) is 8.32. The van der Waals surface area contributed by atoms with Crippen LogP contribution in [0, 0.1) is 0 Å². The van der Waals surface area contributed by atoms with Crippen LogP contribution in [0.5, 0.6) is 5.75 Å². The van der Waals surface area contributed by atoms with Crippen LogP contribution in [0.4, 0.5) is 0 Å². The van der Waals surface area contributed by atoms with E-state index in [1.807, 2.05) is 19.1 Å². The summed E-state index contributed by atoms with van der Waals surface area (Å²) in [5.74, 6) is 0.373. The Hall–Kier alpha value is -1.62. The summed E-state index contributed by atoms with van der Waals surface area (Å²) in [4.78, 5) is 0. The van der Waals surface area contributed by atoms with E-state index in [0.717, 1.165) is 23.2 Å². The van der Waals surface area contributed by atoms with Crippen molar-refractivity contribution in [2.45, 2.75) is 59.3 Å². The molecular weight excluding hydrogens is 306 g/mol. The van der Waals surface area contributed by atoms with Gasteiger partial charge in [0, 0.05) is 17.7 Å². The standard InChI is InChI=1S/C18H29N3OS/c1-8-19-16(23)21-20-11-12-9-13(17(2,3)4)15(22)14(10-12)18(5,6)7/h9-11,22H,8H2,1-7H3,(H2,19,21,23). The highest BCUT2D eigenvalue weighted by Gasteiger charge is 2.26. The van der Waals surface area contributed by atoms with Crippen molar-refractivity contribution in [1.29, 1.82) is 0 Å². The minimum Gasteiger partial charge on any atom is -0.507 e. The molecule has 0 fully saturated rings. The van der Waals surface area contributed by atoms with E-state index in [2.05, 4.69) is 57.4 Å². The molecule has 0 atom stereocenters. The van der Waals surface area contributed by atoms with E-state index in [0.29, 0.717) is 10.9 Å². The number of hydrogen-bond acceptors (Lipinski definition) is 3. The van der Waals surface area contributed by atoms with Gasteiger partial charge in [0.2, 0.25) is 0 Å². The lowest BCUT2D eigenvalue weighted by Crippen LogP contribution is -2.31. The maximum atomic E-state index is 10.7. The number of phenols is 1. The van der Waals surface area contributed by atoms with E-state index < -0.39 is 0 Å². The van der Waals surface area contributed by atoms with E-state index in [9.17, 15) is 5.11 Å². The fraction of sp³-hybridized carbons (Fsp3) is 0.556. The summed E-state index contributed by atoms with van der Waals surface area (Å²) < 4.78 is 0. The highest BCUT2D eigenvalue weighted by molar-refractivity contribution is 7.80. The molecule has 0 saturated heterocycles. The lowest BCUT2D eigenvalue weighted by Gasteiger charge is -2.27. The molecule has 0 aliphatic carbocycles. The second-order valence-corrected chi connectivity index (χ2v) is 8.10. The summed E-state index contributed by atoms with van der Waals surface area (Å²) in [6, 6.07) is 3.96. The Morgan fingerprint density at radius 2 is 1.61 bits per heavy atom. The summed E-state index contributed by atoms with van der Waals surface area (Å²) in [6.07, 6.45) is 1.73. The molecule has 0 aliphatic rings. The first kappa shape index (κ1) is 19.4. The van der Waals surface area contributed by atoms with Crippen LogP contribution in [-0.4, -0.2) is 23.0 Å². The number of hydrogen-bond donors (Lipinski definition) is 3. The van der Waals surface area contributed by atoms with Crippen LogP contribution in [-0.2, 0) is 10.8 Å². The smallest absolute Gasteiger partial charge is 0.186 e. The van der Waals surface area contributed by atoms with Gasteiger partial charge in [-0.15, -0.1) is 0 Å². The highest BCUT2D eigenvalue weighted by Crippen LogP contribution is 2.39. The zero-order valence-electron chi connectivity index (χ0n) is 15.2. The maximum absolute atomic E-state index is 10.7. The number of aromatic hydroxyl groups is 1.